The topological polar surface area (TPSA) is 77.8 Å². The Labute approximate surface area is 121 Å². The summed E-state index contributed by atoms with van der Waals surface area (Å²) >= 11 is 0. The first-order chi connectivity index (χ1) is 10.3. The fraction of sp³-hybridized carbons (Fsp3) is 0.188. The van der Waals surface area contributed by atoms with Gasteiger partial charge in [0.05, 0.1) is 11.6 Å². The molecule has 1 unspecified atom stereocenters. The lowest BCUT2D eigenvalue weighted by Crippen LogP contribution is -2.19. The average Bonchev–Trinajstić information content (AvgIpc) is 2.98. The Morgan fingerprint density at radius 3 is 3.00 bits per heavy atom. The van der Waals surface area contributed by atoms with Crippen molar-refractivity contribution in [3.8, 4) is 11.5 Å². The van der Waals surface area contributed by atoms with Crippen LogP contribution in [0.5, 0.6) is 0 Å². The van der Waals surface area contributed by atoms with Crippen molar-refractivity contribution >= 4 is 0 Å². The number of benzene rings is 1. The van der Waals surface area contributed by atoms with Gasteiger partial charge in [-0.1, -0.05) is 29.4 Å². The van der Waals surface area contributed by atoms with Gasteiger partial charge in [0.15, 0.2) is 5.82 Å². The maximum atomic E-state index is 5.60. The second-order valence-corrected chi connectivity index (χ2v) is 5.15. The van der Waals surface area contributed by atoms with Gasteiger partial charge in [-0.15, -0.1) is 0 Å². The summed E-state index contributed by atoms with van der Waals surface area (Å²) < 4.78 is 5.39. The molecule has 0 bridgehead atoms. The minimum absolute atomic E-state index is 0.245. The summed E-state index contributed by atoms with van der Waals surface area (Å²) in [5.41, 5.74) is 9.93. The van der Waals surface area contributed by atoms with Crippen LogP contribution in [0.4, 0.5) is 0 Å². The molecule has 104 valence electrons. The third kappa shape index (κ3) is 2.02. The number of nitrogens with zero attached hydrogens (tertiary/aromatic N) is 3. The molecule has 5 nitrogen and oxygen atoms in total. The SMILES string of the molecule is NCc1cc(-c2nc(C3Cc4ccccc43)no2)ccn1. The van der Waals surface area contributed by atoms with Crippen LogP contribution in [0.25, 0.3) is 11.5 Å². The van der Waals surface area contributed by atoms with Crippen molar-refractivity contribution in [2.75, 3.05) is 0 Å². The smallest absolute Gasteiger partial charge is 0.258 e. The van der Waals surface area contributed by atoms with Crippen LogP contribution in [-0.2, 0) is 13.0 Å². The molecular weight excluding hydrogens is 264 g/mol. The van der Waals surface area contributed by atoms with Crippen molar-refractivity contribution in [3.63, 3.8) is 0 Å². The van der Waals surface area contributed by atoms with Crippen molar-refractivity contribution in [2.24, 2.45) is 5.73 Å². The summed E-state index contributed by atoms with van der Waals surface area (Å²) in [6, 6.07) is 12.1. The van der Waals surface area contributed by atoms with E-state index in [0.29, 0.717) is 12.4 Å². The van der Waals surface area contributed by atoms with Gasteiger partial charge in [-0.25, -0.2) is 0 Å². The number of hydrogen-bond donors (Lipinski definition) is 1. The molecule has 0 saturated carbocycles. The lowest BCUT2D eigenvalue weighted by molar-refractivity contribution is 0.416. The van der Waals surface area contributed by atoms with Crippen LogP contribution in [-0.4, -0.2) is 15.1 Å². The summed E-state index contributed by atoms with van der Waals surface area (Å²) in [7, 11) is 0. The van der Waals surface area contributed by atoms with Gasteiger partial charge in [0.25, 0.3) is 5.89 Å². The Morgan fingerprint density at radius 2 is 2.14 bits per heavy atom. The summed E-state index contributed by atoms with van der Waals surface area (Å²) in [5, 5.41) is 4.13. The molecule has 0 fully saturated rings. The number of aromatic nitrogens is 3. The van der Waals surface area contributed by atoms with Gasteiger partial charge in [0.2, 0.25) is 0 Å². The minimum Gasteiger partial charge on any atom is -0.334 e. The zero-order valence-electron chi connectivity index (χ0n) is 11.4. The van der Waals surface area contributed by atoms with E-state index in [2.05, 4.69) is 33.3 Å². The van der Waals surface area contributed by atoms with Crippen LogP contribution in [0.3, 0.4) is 0 Å². The molecule has 4 rings (SSSR count). The maximum Gasteiger partial charge on any atom is 0.258 e. The Bertz CT molecular complexity index is 796. The largest absolute Gasteiger partial charge is 0.334 e. The van der Waals surface area contributed by atoms with Gasteiger partial charge < -0.3 is 10.3 Å². The number of fused-ring (bicyclic) bond motifs is 1. The Hall–Kier alpha value is -2.53. The second kappa shape index (κ2) is 4.79. The normalized spacial score (nSPS) is 16.3. The maximum absolute atomic E-state index is 5.60. The average molecular weight is 278 g/mol. The molecule has 5 heteroatoms. The van der Waals surface area contributed by atoms with Crippen LogP contribution >= 0.6 is 0 Å². The standard InChI is InChI=1S/C16H14N4O/c17-9-12-7-11(5-6-18-12)16-19-15(20-21-16)14-8-10-3-1-2-4-13(10)14/h1-7,14H,8-9,17H2. The van der Waals surface area contributed by atoms with Crippen LogP contribution in [0.15, 0.2) is 47.1 Å². The highest BCUT2D eigenvalue weighted by atomic mass is 16.5. The summed E-state index contributed by atoms with van der Waals surface area (Å²) in [6.45, 7) is 0.394. The van der Waals surface area contributed by atoms with Gasteiger partial charge in [-0.05, 0) is 29.7 Å². The first-order valence-electron chi connectivity index (χ1n) is 6.92. The Kier molecular flexibility index (Phi) is 2.79. The molecule has 1 aliphatic rings. The van der Waals surface area contributed by atoms with E-state index in [9.17, 15) is 0 Å². The van der Waals surface area contributed by atoms with Crippen LogP contribution in [0, 0.1) is 0 Å². The summed E-state index contributed by atoms with van der Waals surface area (Å²) in [5.74, 6) is 1.51. The van der Waals surface area contributed by atoms with Gasteiger partial charge in [-0.2, -0.15) is 4.98 Å². The van der Waals surface area contributed by atoms with Crippen LogP contribution < -0.4 is 5.73 Å². The van der Waals surface area contributed by atoms with Crippen LogP contribution in [0.2, 0.25) is 0 Å². The highest BCUT2D eigenvalue weighted by Gasteiger charge is 2.31. The third-order valence-corrected chi connectivity index (χ3v) is 3.88. The predicted octanol–water partition coefficient (Wildman–Crippen LogP) is 2.28. The van der Waals surface area contributed by atoms with Gasteiger partial charge in [-0.3, -0.25) is 4.98 Å². The molecule has 1 aromatic carbocycles. The fourth-order valence-corrected chi connectivity index (χ4v) is 2.71. The van der Waals surface area contributed by atoms with Gasteiger partial charge in [0, 0.05) is 18.3 Å². The number of hydrogen-bond acceptors (Lipinski definition) is 5. The lowest BCUT2D eigenvalue weighted by Gasteiger charge is -2.27. The number of pyridine rings is 1. The predicted molar refractivity (Wildman–Crippen MR) is 77.4 cm³/mol. The quantitative estimate of drug-likeness (QED) is 0.795. The lowest BCUT2D eigenvalue weighted by atomic mass is 9.77. The highest BCUT2D eigenvalue weighted by Crippen LogP contribution is 2.38. The monoisotopic (exact) mass is 278 g/mol. The van der Waals surface area contributed by atoms with E-state index in [-0.39, 0.29) is 5.92 Å². The highest BCUT2D eigenvalue weighted by molar-refractivity contribution is 5.53. The van der Waals surface area contributed by atoms with E-state index >= 15 is 0 Å². The molecule has 0 aliphatic heterocycles. The number of nitrogens with two attached hydrogens (primary N) is 1. The molecule has 0 amide bonds. The van der Waals surface area contributed by atoms with E-state index < -0.39 is 0 Å². The first kappa shape index (κ1) is 12.2. The molecule has 1 aliphatic carbocycles. The van der Waals surface area contributed by atoms with E-state index in [0.717, 1.165) is 23.5 Å². The Morgan fingerprint density at radius 1 is 1.24 bits per heavy atom. The third-order valence-electron chi connectivity index (χ3n) is 3.88. The molecular formula is C16H14N4O. The zero-order valence-corrected chi connectivity index (χ0v) is 11.4. The molecule has 0 saturated heterocycles. The van der Waals surface area contributed by atoms with Crippen LogP contribution in [0.1, 0.15) is 28.6 Å². The van der Waals surface area contributed by atoms with E-state index in [4.69, 9.17) is 10.3 Å². The second-order valence-electron chi connectivity index (χ2n) is 5.15. The molecule has 3 aromatic rings. The van der Waals surface area contributed by atoms with Gasteiger partial charge in [0.1, 0.15) is 0 Å². The number of rotatable bonds is 3. The molecule has 21 heavy (non-hydrogen) atoms. The van der Waals surface area contributed by atoms with Crippen molar-refractivity contribution in [1.82, 2.24) is 15.1 Å². The molecule has 2 heterocycles. The Balaban J connectivity index is 1.65. The molecule has 1 atom stereocenters. The minimum atomic E-state index is 0.245. The molecule has 2 aromatic heterocycles. The van der Waals surface area contributed by atoms with Crippen molar-refractivity contribution in [2.45, 2.75) is 18.9 Å². The summed E-state index contributed by atoms with van der Waals surface area (Å²) in [4.78, 5) is 8.70. The van der Waals surface area contributed by atoms with Crippen molar-refractivity contribution in [3.05, 3.63) is 65.2 Å². The van der Waals surface area contributed by atoms with Crippen molar-refractivity contribution < 1.29 is 4.52 Å². The van der Waals surface area contributed by atoms with E-state index in [1.54, 1.807) is 6.20 Å². The molecule has 0 radical (unpaired) electrons. The summed E-state index contributed by atoms with van der Waals surface area (Å²) in [6.07, 6.45) is 2.68. The fourth-order valence-electron chi connectivity index (χ4n) is 2.71. The van der Waals surface area contributed by atoms with E-state index in [1.165, 1.54) is 11.1 Å². The first-order valence-corrected chi connectivity index (χ1v) is 6.92. The van der Waals surface area contributed by atoms with Gasteiger partial charge >= 0.3 is 0 Å². The molecule has 2 N–H and O–H groups in total. The molecule has 0 spiro atoms. The van der Waals surface area contributed by atoms with E-state index in [1.807, 2.05) is 18.2 Å². The van der Waals surface area contributed by atoms with Crippen molar-refractivity contribution in [1.29, 1.82) is 0 Å². The zero-order chi connectivity index (χ0) is 14.2.